The van der Waals surface area contributed by atoms with Gasteiger partial charge in [0.05, 0.1) is 16.6 Å². The molecule has 0 aliphatic heterocycles. The fourth-order valence-corrected chi connectivity index (χ4v) is 2.72. The van der Waals surface area contributed by atoms with E-state index >= 15 is 0 Å². The molecule has 0 bridgehead atoms. The van der Waals surface area contributed by atoms with Gasteiger partial charge in [0.15, 0.2) is 0 Å². The molecule has 3 nitrogen and oxygen atoms in total. The number of hydrogen-bond acceptors (Lipinski definition) is 2. The number of nitrogens with zero attached hydrogens (tertiary/aromatic N) is 2. The van der Waals surface area contributed by atoms with Crippen molar-refractivity contribution >= 4 is 26.8 Å². The summed E-state index contributed by atoms with van der Waals surface area (Å²) in [5, 5.41) is 0.430. The fraction of sp³-hybridized carbons (Fsp3) is 0.176. The molecule has 0 spiro atoms. The zero-order valence-corrected chi connectivity index (χ0v) is 13.8. The van der Waals surface area contributed by atoms with Gasteiger partial charge in [0, 0.05) is 17.0 Å². The van der Waals surface area contributed by atoms with Crippen molar-refractivity contribution in [2.24, 2.45) is 0 Å². The second kappa shape index (κ2) is 5.65. The first kappa shape index (κ1) is 14.9. The van der Waals surface area contributed by atoms with Crippen LogP contribution in [0, 0.1) is 12.7 Å². The highest BCUT2D eigenvalue weighted by Gasteiger charge is 2.13. The summed E-state index contributed by atoms with van der Waals surface area (Å²) >= 11 is 3.38. The van der Waals surface area contributed by atoms with Crippen molar-refractivity contribution in [2.45, 2.75) is 20.3 Å². The molecule has 0 amide bonds. The van der Waals surface area contributed by atoms with Crippen LogP contribution in [0.4, 0.5) is 4.39 Å². The Labute approximate surface area is 135 Å². The van der Waals surface area contributed by atoms with E-state index in [-0.39, 0.29) is 11.4 Å². The van der Waals surface area contributed by atoms with Gasteiger partial charge in [-0.3, -0.25) is 9.36 Å². The Kier molecular flexibility index (Phi) is 3.83. The summed E-state index contributed by atoms with van der Waals surface area (Å²) in [5.41, 5.74) is 1.42. The third-order valence-electron chi connectivity index (χ3n) is 3.62. The van der Waals surface area contributed by atoms with Crippen LogP contribution < -0.4 is 5.56 Å². The number of aromatic nitrogens is 2. The Morgan fingerprint density at radius 3 is 2.55 bits per heavy atom. The number of aryl methyl sites for hydroxylation is 2. The zero-order chi connectivity index (χ0) is 15.9. The summed E-state index contributed by atoms with van der Waals surface area (Å²) in [6.07, 6.45) is 0.580. The molecule has 0 saturated heterocycles. The van der Waals surface area contributed by atoms with Gasteiger partial charge in [-0.05, 0) is 42.8 Å². The van der Waals surface area contributed by atoms with Crippen molar-refractivity contribution < 1.29 is 4.39 Å². The molecule has 0 N–H and O–H groups in total. The van der Waals surface area contributed by atoms with Crippen LogP contribution in [0.25, 0.3) is 16.6 Å². The molecule has 2 aromatic carbocycles. The van der Waals surface area contributed by atoms with Gasteiger partial charge in [-0.1, -0.05) is 22.9 Å². The molecule has 112 valence electrons. The molecule has 0 aliphatic carbocycles. The lowest BCUT2D eigenvalue weighted by atomic mass is 10.1. The predicted octanol–water partition coefficient (Wildman–Crippen LogP) is 4.16. The summed E-state index contributed by atoms with van der Waals surface area (Å²) in [4.78, 5) is 17.3. The molecule has 1 aromatic heterocycles. The predicted molar refractivity (Wildman–Crippen MR) is 89.1 cm³/mol. The molecule has 5 heteroatoms. The molecule has 0 saturated carbocycles. The van der Waals surface area contributed by atoms with Gasteiger partial charge < -0.3 is 0 Å². The smallest absolute Gasteiger partial charge is 0.265 e. The third kappa shape index (κ3) is 2.46. The SMILES string of the molecule is CCc1nc2cc(F)c(C)cc2c(=O)n1-c1ccc(Br)cc1. The van der Waals surface area contributed by atoms with Crippen molar-refractivity contribution in [1.82, 2.24) is 9.55 Å². The average molecular weight is 361 g/mol. The van der Waals surface area contributed by atoms with Gasteiger partial charge in [0.2, 0.25) is 0 Å². The highest BCUT2D eigenvalue weighted by Crippen LogP contribution is 2.18. The summed E-state index contributed by atoms with van der Waals surface area (Å²) in [6, 6.07) is 10.4. The van der Waals surface area contributed by atoms with Gasteiger partial charge in [0.1, 0.15) is 11.6 Å². The number of fused-ring (bicyclic) bond motifs is 1. The summed E-state index contributed by atoms with van der Waals surface area (Å²) in [6.45, 7) is 3.57. The lowest BCUT2D eigenvalue weighted by molar-refractivity contribution is 0.620. The minimum atomic E-state index is -0.345. The molecule has 3 rings (SSSR count). The molecule has 0 radical (unpaired) electrons. The van der Waals surface area contributed by atoms with E-state index in [2.05, 4.69) is 20.9 Å². The number of rotatable bonds is 2. The molecule has 0 fully saturated rings. The minimum absolute atomic E-state index is 0.174. The molecule has 3 aromatic rings. The first-order valence-electron chi connectivity index (χ1n) is 6.99. The van der Waals surface area contributed by atoms with Crippen molar-refractivity contribution in [3.8, 4) is 5.69 Å². The van der Waals surface area contributed by atoms with Crippen molar-refractivity contribution in [2.75, 3.05) is 0 Å². The highest BCUT2D eigenvalue weighted by atomic mass is 79.9. The van der Waals surface area contributed by atoms with Gasteiger partial charge in [-0.2, -0.15) is 0 Å². The monoisotopic (exact) mass is 360 g/mol. The first-order chi connectivity index (χ1) is 10.5. The molecule has 1 heterocycles. The van der Waals surface area contributed by atoms with Crippen LogP contribution >= 0.6 is 15.9 Å². The largest absolute Gasteiger partial charge is 0.268 e. The van der Waals surface area contributed by atoms with Crippen molar-refractivity contribution in [3.05, 3.63) is 68.4 Å². The summed E-state index contributed by atoms with van der Waals surface area (Å²) in [7, 11) is 0. The fourth-order valence-electron chi connectivity index (χ4n) is 2.46. The van der Waals surface area contributed by atoms with Crippen LogP contribution in [0.15, 0.2) is 45.7 Å². The average Bonchev–Trinajstić information content (AvgIpc) is 2.50. The van der Waals surface area contributed by atoms with Crippen molar-refractivity contribution in [1.29, 1.82) is 0 Å². The maximum atomic E-state index is 13.7. The van der Waals surface area contributed by atoms with E-state index in [4.69, 9.17) is 0 Å². The Morgan fingerprint density at radius 1 is 1.23 bits per heavy atom. The van der Waals surface area contributed by atoms with Gasteiger partial charge in [-0.25, -0.2) is 9.37 Å². The van der Waals surface area contributed by atoms with E-state index in [9.17, 15) is 9.18 Å². The van der Waals surface area contributed by atoms with E-state index in [0.29, 0.717) is 28.7 Å². The van der Waals surface area contributed by atoms with Crippen LogP contribution in [0.5, 0.6) is 0 Å². The minimum Gasteiger partial charge on any atom is -0.268 e. The van der Waals surface area contributed by atoms with Crippen LogP contribution in [0.1, 0.15) is 18.3 Å². The van der Waals surface area contributed by atoms with E-state index in [1.54, 1.807) is 17.6 Å². The first-order valence-corrected chi connectivity index (χ1v) is 7.78. The molecule has 0 atom stereocenters. The van der Waals surface area contributed by atoms with E-state index in [1.165, 1.54) is 6.07 Å². The number of benzene rings is 2. The molecular formula is C17H14BrFN2O. The second-order valence-electron chi connectivity index (χ2n) is 5.12. The van der Waals surface area contributed by atoms with E-state index in [0.717, 1.165) is 10.2 Å². The van der Waals surface area contributed by atoms with Crippen LogP contribution in [-0.4, -0.2) is 9.55 Å². The Balaban J connectivity index is 2.38. The van der Waals surface area contributed by atoms with E-state index in [1.807, 2.05) is 31.2 Å². The summed E-state index contributed by atoms with van der Waals surface area (Å²) < 4.78 is 16.3. The number of halogens is 2. The molecule has 0 aliphatic rings. The maximum absolute atomic E-state index is 13.7. The second-order valence-corrected chi connectivity index (χ2v) is 6.03. The lowest BCUT2D eigenvalue weighted by Crippen LogP contribution is -2.23. The normalized spacial score (nSPS) is 11.1. The third-order valence-corrected chi connectivity index (χ3v) is 4.15. The molecular weight excluding hydrogens is 347 g/mol. The van der Waals surface area contributed by atoms with Crippen LogP contribution in [0.2, 0.25) is 0 Å². The molecule has 0 unspecified atom stereocenters. The maximum Gasteiger partial charge on any atom is 0.265 e. The summed E-state index contributed by atoms with van der Waals surface area (Å²) in [5.74, 6) is 0.269. The topological polar surface area (TPSA) is 34.9 Å². The van der Waals surface area contributed by atoms with E-state index < -0.39 is 0 Å². The Bertz CT molecular complexity index is 917. The van der Waals surface area contributed by atoms with Gasteiger partial charge in [-0.15, -0.1) is 0 Å². The Hall–Kier alpha value is -2.01. The van der Waals surface area contributed by atoms with Crippen LogP contribution in [0.3, 0.4) is 0 Å². The van der Waals surface area contributed by atoms with Crippen molar-refractivity contribution in [3.63, 3.8) is 0 Å². The number of hydrogen-bond donors (Lipinski definition) is 0. The lowest BCUT2D eigenvalue weighted by Gasteiger charge is -2.13. The highest BCUT2D eigenvalue weighted by molar-refractivity contribution is 9.10. The van der Waals surface area contributed by atoms with Gasteiger partial charge >= 0.3 is 0 Å². The van der Waals surface area contributed by atoms with Crippen LogP contribution in [-0.2, 0) is 6.42 Å². The van der Waals surface area contributed by atoms with Gasteiger partial charge in [0.25, 0.3) is 5.56 Å². The standard InChI is InChI=1S/C17H14BrFN2O/c1-3-16-20-15-9-14(19)10(2)8-13(15)17(22)21(16)12-6-4-11(18)5-7-12/h4-9H,3H2,1-2H3. The zero-order valence-electron chi connectivity index (χ0n) is 12.2. The quantitative estimate of drug-likeness (QED) is 0.687. The Morgan fingerprint density at radius 2 is 1.91 bits per heavy atom. The molecule has 22 heavy (non-hydrogen) atoms.